The van der Waals surface area contributed by atoms with Gasteiger partial charge in [-0.3, -0.25) is 0 Å². The molecule has 0 rings (SSSR count). The van der Waals surface area contributed by atoms with E-state index in [-0.39, 0.29) is 0 Å². The summed E-state index contributed by atoms with van der Waals surface area (Å²) in [6, 6.07) is 0. The second kappa shape index (κ2) is 13.1. The predicted molar refractivity (Wildman–Crippen MR) is 58.2 cm³/mol. The zero-order valence-corrected chi connectivity index (χ0v) is 8.93. The van der Waals surface area contributed by atoms with Crippen molar-refractivity contribution in [2.45, 2.75) is 40.5 Å². The summed E-state index contributed by atoms with van der Waals surface area (Å²) in [4.78, 5) is 0. The molecule has 0 aromatic rings. The lowest BCUT2D eigenvalue weighted by Gasteiger charge is -1.96. The molecule has 0 aliphatic heterocycles. The van der Waals surface area contributed by atoms with Gasteiger partial charge >= 0.3 is 0 Å². The maximum absolute atomic E-state index is 5.42. The van der Waals surface area contributed by atoms with Crippen LogP contribution in [0, 0.1) is 0 Å². The first-order chi connectivity index (χ1) is 5.85. The van der Waals surface area contributed by atoms with Crippen molar-refractivity contribution in [1.82, 2.24) is 0 Å². The summed E-state index contributed by atoms with van der Waals surface area (Å²) in [6.45, 7) is 8.91. The monoisotopic (exact) mass is 169 g/mol. The van der Waals surface area contributed by atoms with Crippen molar-refractivity contribution >= 4 is 0 Å². The van der Waals surface area contributed by atoms with Gasteiger partial charge in [0.2, 0.25) is 0 Å². The van der Waals surface area contributed by atoms with E-state index in [2.05, 4.69) is 25.2 Å². The molecule has 0 heterocycles. The second-order valence-corrected chi connectivity index (χ2v) is 2.23. The van der Waals surface area contributed by atoms with E-state index in [4.69, 9.17) is 5.73 Å². The van der Waals surface area contributed by atoms with Crippen LogP contribution in [0.3, 0.4) is 0 Å². The molecule has 0 aliphatic rings. The molecule has 0 spiro atoms. The third kappa shape index (κ3) is 9.44. The number of allylic oxidation sites excluding steroid dienone is 3. The molecule has 0 atom stereocenters. The highest BCUT2D eigenvalue weighted by molar-refractivity contribution is 5.17. The summed E-state index contributed by atoms with van der Waals surface area (Å²) in [5, 5.41) is 0. The molecule has 0 aromatic heterocycles. The van der Waals surface area contributed by atoms with Crippen molar-refractivity contribution in [3.05, 3.63) is 23.8 Å². The highest BCUT2D eigenvalue weighted by Crippen LogP contribution is 2.02. The van der Waals surface area contributed by atoms with E-state index in [0.717, 1.165) is 19.4 Å². The van der Waals surface area contributed by atoms with Gasteiger partial charge in [0, 0.05) is 0 Å². The molecule has 0 bridgehead atoms. The Kier molecular flexibility index (Phi) is 15.2. The van der Waals surface area contributed by atoms with Crippen LogP contribution in [-0.4, -0.2) is 6.54 Å². The van der Waals surface area contributed by atoms with Crippen LogP contribution < -0.4 is 5.73 Å². The summed E-state index contributed by atoms with van der Waals surface area (Å²) in [5.41, 5.74) is 6.77. The maximum Gasteiger partial charge on any atom is -0.00368 e. The van der Waals surface area contributed by atoms with Gasteiger partial charge in [0.15, 0.2) is 0 Å². The van der Waals surface area contributed by atoms with Gasteiger partial charge < -0.3 is 5.73 Å². The van der Waals surface area contributed by atoms with E-state index < -0.39 is 0 Å². The standard InChI is InChI=1S/C9H17N.C2H6/c1-3-5-9(6-4-2)7-8-10;1-2/h3,5-6H,4,7-8,10H2,1-2H3;1-2H3/b5-3-,9-6+;. The van der Waals surface area contributed by atoms with E-state index in [0.29, 0.717) is 0 Å². The Balaban J connectivity index is 0. The smallest absolute Gasteiger partial charge is 0.00368 e. The van der Waals surface area contributed by atoms with Crippen molar-refractivity contribution in [3.63, 3.8) is 0 Å². The Morgan fingerprint density at radius 3 is 2.25 bits per heavy atom. The van der Waals surface area contributed by atoms with Gasteiger partial charge in [-0.25, -0.2) is 0 Å². The lowest BCUT2D eigenvalue weighted by Crippen LogP contribution is -1.98. The molecule has 0 fully saturated rings. The fraction of sp³-hybridized carbons (Fsp3) is 0.636. The molecule has 0 unspecified atom stereocenters. The van der Waals surface area contributed by atoms with Crippen molar-refractivity contribution in [1.29, 1.82) is 0 Å². The molecule has 1 nitrogen and oxygen atoms in total. The van der Waals surface area contributed by atoms with E-state index >= 15 is 0 Å². The Labute approximate surface area is 77.4 Å². The molecular weight excluding hydrogens is 146 g/mol. The zero-order chi connectivity index (χ0) is 9.82. The highest BCUT2D eigenvalue weighted by Gasteiger charge is 1.86. The minimum atomic E-state index is 0.746. The van der Waals surface area contributed by atoms with E-state index in [9.17, 15) is 0 Å². The summed E-state index contributed by atoms with van der Waals surface area (Å²) in [6.07, 6.45) is 8.48. The average molecular weight is 169 g/mol. The molecule has 0 radical (unpaired) electrons. The van der Waals surface area contributed by atoms with Crippen LogP contribution in [-0.2, 0) is 0 Å². The molecule has 0 aromatic carbocycles. The van der Waals surface area contributed by atoms with Gasteiger partial charge in [-0.15, -0.1) is 0 Å². The first kappa shape index (κ1) is 14.0. The molecule has 72 valence electrons. The van der Waals surface area contributed by atoms with Crippen LogP contribution in [0.4, 0.5) is 0 Å². The number of hydrogen-bond acceptors (Lipinski definition) is 1. The first-order valence-electron chi connectivity index (χ1n) is 4.87. The van der Waals surface area contributed by atoms with Gasteiger partial charge in [0.25, 0.3) is 0 Å². The Morgan fingerprint density at radius 2 is 1.92 bits per heavy atom. The van der Waals surface area contributed by atoms with Crippen LogP contribution in [0.1, 0.15) is 40.5 Å². The number of nitrogens with two attached hydrogens (primary N) is 1. The molecule has 0 aliphatic carbocycles. The second-order valence-electron chi connectivity index (χ2n) is 2.23. The normalized spacial score (nSPS) is 11.2. The highest BCUT2D eigenvalue weighted by atomic mass is 14.5. The Morgan fingerprint density at radius 1 is 1.33 bits per heavy atom. The van der Waals surface area contributed by atoms with Crippen molar-refractivity contribution in [2.24, 2.45) is 5.73 Å². The van der Waals surface area contributed by atoms with Crippen molar-refractivity contribution < 1.29 is 0 Å². The number of rotatable bonds is 4. The quantitative estimate of drug-likeness (QED) is 0.642. The molecule has 0 saturated heterocycles. The molecular formula is C11H23N. The molecule has 0 saturated carbocycles. The van der Waals surface area contributed by atoms with E-state index in [1.165, 1.54) is 5.57 Å². The van der Waals surface area contributed by atoms with Crippen molar-refractivity contribution in [2.75, 3.05) is 6.54 Å². The fourth-order valence-electron chi connectivity index (χ4n) is 0.896. The lowest BCUT2D eigenvalue weighted by atomic mass is 10.1. The van der Waals surface area contributed by atoms with Crippen LogP contribution in [0.5, 0.6) is 0 Å². The van der Waals surface area contributed by atoms with Gasteiger partial charge in [-0.05, 0) is 26.3 Å². The lowest BCUT2D eigenvalue weighted by molar-refractivity contribution is 0.961. The van der Waals surface area contributed by atoms with Gasteiger partial charge in [-0.1, -0.05) is 44.6 Å². The topological polar surface area (TPSA) is 26.0 Å². The molecule has 2 N–H and O–H groups in total. The van der Waals surface area contributed by atoms with Gasteiger partial charge in [0.1, 0.15) is 0 Å². The van der Waals surface area contributed by atoms with Gasteiger partial charge in [0.05, 0.1) is 0 Å². The summed E-state index contributed by atoms with van der Waals surface area (Å²) in [7, 11) is 0. The minimum absolute atomic E-state index is 0.746. The minimum Gasteiger partial charge on any atom is -0.330 e. The summed E-state index contributed by atoms with van der Waals surface area (Å²) in [5.74, 6) is 0. The van der Waals surface area contributed by atoms with Crippen molar-refractivity contribution in [3.8, 4) is 0 Å². The molecule has 12 heavy (non-hydrogen) atoms. The SMILES string of the molecule is C/C=C\C(=C/CC)CCN.CC. The Hall–Kier alpha value is -0.560. The van der Waals surface area contributed by atoms with Crippen LogP contribution >= 0.6 is 0 Å². The first-order valence-corrected chi connectivity index (χ1v) is 4.87. The molecule has 0 amide bonds. The average Bonchev–Trinajstić information content (AvgIpc) is 2.10. The fourth-order valence-corrected chi connectivity index (χ4v) is 0.896. The number of hydrogen-bond donors (Lipinski definition) is 1. The summed E-state index contributed by atoms with van der Waals surface area (Å²) < 4.78 is 0. The third-order valence-electron chi connectivity index (χ3n) is 1.28. The van der Waals surface area contributed by atoms with Crippen LogP contribution in [0.15, 0.2) is 23.8 Å². The third-order valence-corrected chi connectivity index (χ3v) is 1.28. The van der Waals surface area contributed by atoms with Gasteiger partial charge in [-0.2, -0.15) is 0 Å². The van der Waals surface area contributed by atoms with E-state index in [1.807, 2.05) is 20.8 Å². The zero-order valence-electron chi connectivity index (χ0n) is 8.93. The predicted octanol–water partition coefficient (Wildman–Crippen LogP) is 3.27. The van der Waals surface area contributed by atoms with Crippen LogP contribution in [0.2, 0.25) is 0 Å². The molecule has 1 heteroatoms. The Bertz CT molecular complexity index is 123. The van der Waals surface area contributed by atoms with E-state index in [1.54, 1.807) is 0 Å². The maximum atomic E-state index is 5.42. The summed E-state index contributed by atoms with van der Waals surface area (Å²) >= 11 is 0. The van der Waals surface area contributed by atoms with Crippen LogP contribution in [0.25, 0.3) is 0 Å². The largest absolute Gasteiger partial charge is 0.330 e.